The molecule has 4 fully saturated rings. The Morgan fingerprint density at radius 1 is 0.357 bits per heavy atom. The van der Waals surface area contributed by atoms with E-state index in [0.717, 1.165) is 139 Å². The molecule has 3 radical (unpaired) electrons. The van der Waals surface area contributed by atoms with E-state index in [-0.39, 0.29) is 102 Å². The molecule has 4 unspecified atom stereocenters. The first kappa shape index (κ1) is 86.2. The van der Waals surface area contributed by atoms with Gasteiger partial charge in [0.15, 0.2) is 0 Å². The van der Waals surface area contributed by atoms with E-state index in [1.807, 2.05) is 221 Å². The molecule has 6 heterocycles. The summed E-state index contributed by atoms with van der Waals surface area (Å²) < 4.78 is 83.5. The molecular weight excluding hydrogens is 2150 g/mol. The van der Waals surface area contributed by atoms with Crippen LogP contribution in [0.3, 0.4) is 0 Å². The van der Waals surface area contributed by atoms with Crippen LogP contribution < -0.4 is 15.6 Å². The summed E-state index contributed by atoms with van der Waals surface area (Å²) in [6, 6.07) is 101. The molecule has 2 bridgehead atoms. The maximum atomic E-state index is 9.15. The van der Waals surface area contributed by atoms with Gasteiger partial charge in [-0.05, 0) is 193 Å². The van der Waals surface area contributed by atoms with Gasteiger partial charge in [-0.25, -0.2) is 0 Å². The third-order valence-electron chi connectivity index (χ3n) is 24.4. The van der Waals surface area contributed by atoms with Crippen LogP contribution >= 0.6 is 0 Å². The molecule has 0 amide bonds. The molecule has 15 aromatic rings. The number of fused-ring (bicyclic) bond motifs is 2. The van der Waals surface area contributed by atoms with Crippen LogP contribution in [0.15, 0.2) is 322 Å². The van der Waals surface area contributed by atoms with Gasteiger partial charge in [-0.3, -0.25) is 0 Å². The van der Waals surface area contributed by atoms with Crippen molar-refractivity contribution >= 4 is 39.8 Å². The monoisotopic (exact) mass is 2290 g/mol. The number of hydrogen-bond donors (Lipinski definition) is 0. The van der Waals surface area contributed by atoms with Crippen LogP contribution in [-0.4, -0.2) is 54.1 Å². The molecule has 0 spiro atoms. The minimum atomic E-state index is -1.70. The summed E-state index contributed by atoms with van der Waals surface area (Å²) in [6.07, 6.45) is 23.4. The van der Waals surface area contributed by atoms with Crippen LogP contribution in [-0.2, 0) is 73.1 Å². The number of hydrogen-bond acceptors (Lipinski definition) is 6. The van der Waals surface area contributed by atoms with Gasteiger partial charge in [0.1, 0.15) is 0 Å². The van der Waals surface area contributed by atoms with Crippen LogP contribution in [0.1, 0.15) is 146 Å². The topological polar surface area (TPSA) is 77.3 Å². The minimum absolute atomic E-state index is 0. The Morgan fingerprint density at radius 2 is 0.721 bits per heavy atom. The molecule has 0 N–H and O–H groups in total. The summed E-state index contributed by atoms with van der Waals surface area (Å²) in [5.74, 6) is 2.52. The van der Waals surface area contributed by atoms with Crippen LogP contribution in [0.5, 0.6) is 0 Å². The second-order valence-corrected chi connectivity index (χ2v) is 52.0. The predicted octanol–water partition coefficient (Wildman–Crippen LogP) is 29.1. The summed E-state index contributed by atoms with van der Waals surface area (Å²) in [5, 5.41) is 3.86. The predicted molar refractivity (Wildman–Crippen MR) is 539 cm³/mol. The Kier molecular flexibility index (Phi) is 32.5. The van der Waals surface area contributed by atoms with Crippen molar-refractivity contribution in [3.63, 3.8) is 0 Å². The Balaban J connectivity index is 0.000000159. The normalized spacial score (nSPS) is 16.7. The van der Waals surface area contributed by atoms with E-state index in [1.54, 1.807) is 30.0 Å². The number of nitrogens with zero attached hydrogens (tertiary/aromatic N) is 6. The van der Waals surface area contributed by atoms with Crippen molar-refractivity contribution in [2.24, 2.45) is 29.6 Å². The summed E-state index contributed by atoms with van der Waals surface area (Å²) in [5.41, 5.74) is 20.7. The van der Waals surface area contributed by atoms with Crippen molar-refractivity contribution in [1.29, 1.82) is 0 Å². The largest absolute Gasteiger partial charge is 0.305 e. The van der Waals surface area contributed by atoms with Gasteiger partial charge in [0.25, 0.3) is 0 Å². The molecule has 4 aliphatic carbocycles. The standard InChI is InChI=1S/C22H28NSi.C21H28NSi.C20H26NSi.C20H18N.2C17H12N.3Ir/c1-24(2,3)22-15-23-21(17-7-5-4-6-8-17)14-20(22)13-19-12-16-9-10-18(19)11-16;1-16(17-10-8-9-11-17)19-14-20(18-12-6-5-7-13-18)22-15-21(19)23(2,3)4;1-22(2,3)20-15-21-19(17-11-5-4-6-12-17)14-18(20)13-16-9-7-8-10-16;1-15(2)16-8-10-17(11-9-16)19-12-13-21-20(14-19)18-6-4-3-5-7-18;2*1-3-7-14(8-4-1)16-11-12-18-17(13-16)15-9-5-2-6-10-15;;;/h4-7,14-16,18-19H,9-13H2,1-3H3;5-7,12,14-17H,8-11H2,1-4H3;4-6,11,14-16H,7-10,13H2,1-3H3;3-6,8-15H,1-2H3;2*1-9,11-13H;;;/q6*-1;;;/i13D2;;13D2;15D;1D,3D,4D,7D,8D;;;;. The smallest absolute Gasteiger partial charge is 0.0799 e. The first-order valence-electron chi connectivity index (χ1n) is 50.0. The summed E-state index contributed by atoms with van der Waals surface area (Å²) >= 11 is 0. The number of rotatable bonds is 19. The van der Waals surface area contributed by atoms with Gasteiger partial charge in [-0.15, -0.1) is 215 Å². The van der Waals surface area contributed by atoms with Crippen molar-refractivity contribution < 1.29 is 74.0 Å². The van der Waals surface area contributed by atoms with Crippen LogP contribution in [0.4, 0.5) is 0 Å². The van der Waals surface area contributed by atoms with E-state index < -0.39 is 48.9 Å². The van der Waals surface area contributed by atoms with Gasteiger partial charge in [0, 0.05) is 104 Å². The minimum Gasteiger partial charge on any atom is -0.305 e. The van der Waals surface area contributed by atoms with Crippen molar-refractivity contribution in [3.8, 4) is 101 Å². The van der Waals surface area contributed by atoms with Gasteiger partial charge in [-0.1, -0.05) is 263 Å². The third kappa shape index (κ3) is 28.3. The maximum Gasteiger partial charge on any atom is 0.0799 e. The molecule has 129 heavy (non-hydrogen) atoms. The molecule has 667 valence electrons. The molecule has 4 atom stereocenters. The van der Waals surface area contributed by atoms with E-state index in [1.165, 1.54) is 66.4 Å². The third-order valence-corrected chi connectivity index (χ3v) is 30.5. The van der Waals surface area contributed by atoms with Crippen LogP contribution in [0.25, 0.3) is 101 Å². The Hall–Kier alpha value is -9.52. The van der Waals surface area contributed by atoms with Gasteiger partial charge in [0.05, 0.1) is 31.1 Å². The molecule has 12 heteroatoms. The van der Waals surface area contributed by atoms with E-state index in [9.17, 15) is 0 Å². The number of benzene rings is 9. The van der Waals surface area contributed by atoms with Crippen molar-refractivity contribution in [2.75, 3.05) is 0 Å². The molecule has 0 saturated heterocycles. The van der Waals surface area contributed by atoms with Gasteiger partial charge < -0.3 is 29.9 Å². The van der Waals surface area contributed by atoms with Crippen molar-refractivity contribution in [1.82, 2.24) is 29.9 Å². The molecular formula is C117H124Ir3N6Si3-6. The molecule has 6 aromatic heterocycles. The van der Waals surface area contributed by atoms with E-state index >= 15 is 0 Å². The molecule has 6 nitrogen and oxygen atoms in total. The van der Waals surface area contributed by atoms with E-state index in [2.05, 4.69) is 183 Å². The molecule has 9 aromatic carbocycles. The zero-order chi connectivity index (χ0) is 96.7. The molecule has 19 rings (SSSR count). The summed E-state index contributed by atoms with van der Waals surface area (Å²) in [6.45, 7) is 27.2. The Morgan fingerprint density at radius 3 is 1.09 bits per heavy atom. The van der Waals surface area contributed by atoms with E-state index in [4.69, 9.17) is 23.7 Å². The Bertz CT molecular complexity index is 6390. The number of aromatic nitrogens is 6. The van der Waals surface area contributed by atoms with Gasteiger partial charge in [0.2, 0.25) is 0 Å². The van der Waals surface area contributed by atoms with Gasteiger partial charge in [-0.2, -0.15) is 0 Å². The SMILES string of the molecule is CC(c1cc(-c2[c-]cccc2)ncc1[Si](C)(C)C)C1CCCC1.[2H]C(C)(C)c1ccc(-c2ccnc(-c3[c-]cccc3)c2)cc1.[2H]C([2H])(c1cc(-c2[c-]cccc2)ncc1[Si](C)(C)C)C1CC2CCC1C2.[2H]C([2H])(c1cc(-c2[c-]cccc2)ncc1[Si](C)(C)C)C1CCCC1.[2H]c1c([2H])c([2H])c(-c2ccnc(-c3[c-]cccc3)c2)c([2H])c1[2H].[Ir].[Ir].[Ir].[c-]1ccccc1-c1cc(-c2ccccc2)ccn1. The fraction of sp³-hybridized carbons (Fsp3) is 0.282. The summed E-state index contributed by atoms with van der Waals surface area (Å²) in [7, 11) is -4.76. The maximum absolute atomic E-state index is 9.15. The second-order valence-electron chi connectivity index (χ2n) is 36.9. The average molecular weight is 2290 g/mol. The zero-order valence-electron chi connectivity index (χ0n) is 86.3. The van der Waals surface area contributed by atoms with Crippen LogP contribution in [0.2, 0.25) is 58.9 Å². The first-order valence-corrected chi connectivity index (χ1v) is 55.5. The fourth-order valence-electron chi connectivity index (χ4n) is 17.5. The molecule has 4 aliphatic rings. The van der Waals surface area contributed by atoms with Crippen molar-refractivity contribution in [3.05, 3.63) is 381 Å². The fourth-order valence-corrected chi connectivity index (χ4v) is 21.9. The molecule has 0 aliphatic heterocycles. The zero-order valence-corrected chi connectivity index (χ0v) is 86.5. The molecule has 4 saturated carbocycles. The van der Waals surface area contributed by atoms with Crippen molar-refractivity contribution in [2.45, 2.75) is 181 Å². The van der Waals surface area contributed by atoms with Gasteiger partial charge >= 0.3 is 0 Å². The van der Waals surface area contributed by atoms with Crippen LogP contribution in [0, 0.1) is 66.0 Å². The van der Waals surface area contributed by atoms with E-state index in [0.29, 0.717) is 23.1 Å². The summed E-state index contributed by atoms with van der Waals surface area (Å²) in [4.78, 5) is 27.2. The average Bonchev–Trinajstić information content (AvgIpc) is 1.63. The second kappa shape index (κ2) is 48.6. The number of pyridine rings is 6. The Labute approximate surface area is 829 Å². The first-order chi connectivity index (χ1) is 65.0. The quantitative estimate of drug-likeness (QED) is 0.0593.